The summed E-state index contributed by atoms with van der Waals surface area (Å²) in [4.78, 5) is 16.6. The second-order valence-electron chi connectivity index (χ2n) is 7.79. The van der Waals surface area contributed by atoms with Gasteiger partial charge in [0.1, 0.15) is 16.3 Å². The molecule has 2 heterocycles. The van der Waals surface area contributed by atoms with E-state index in [2.05, 4.69) is 5.16 Å². The van der Waals surface area contributed by atoms with Crippen LogP contribution in [-0.4, -0.2) is 80.5 Å². The van der Waals surface area contributed by atoms with Gasteiger partial charge in [-0.3, -0.25) is 9.69 Å². The highest BCUT2D eigenvalue weighted by atomic mass is 32.2. The molecule has 10 heteroatoms. The number of sulfonamides is 1. The van der Waals surface area contributed by atoms with Crippen LogP contribution in [0.25, 0.3) is 0 Å². The summed E-state index contributed by atoms with van der Waals surface area (Å²) in [6.45, 7) is 5.83. The lowest BCUT2D eigenvalue weighted by atomic mass is 10.2. The summed E-state index contributed by atoms with van der Waals surface area (Å²) in [7, 11) is -0.290. The Bertz CT molecular complexity index is 1000. The van der Waals surface area contributed by atoms with Gasteiger partial charge in [-0.25, -0.2) is 8.42 Å². The second kappa shape index (κ2) is 9.80. The van der Waals surface area contributed by atoms with Crippen molar-refractivity contribution < 1.29 is 22.5 Å². The topological polar surface area (TPSA) is 96.2 Å². The molecule has 0 spiro atoms. The van der Waals surface area contributed by atoms with Crippen LogP contribution in [0.1, 0.15) is 23.4 Å². The number of hydrogen-bond donors (Lipinski definition) is 0. The number of nitrogens with zero attached hydrogens (tertiary/aromatic N) is 4. The van der Waals surface area contributed by atoms with Gasteiger partial charge in [-0.15, -0.1) is 0 Å². The Kier molecular flexibility index (Phi) is 7.34. The van der Waals surface area contributed by atoms with Crippen LogP contribution in [-0.2, 0) is 21.4 Å². The molecular formula is C21H30N4O5S. The van der Waals surface area contributed by atoms with Gasteiger partial charge in [0.2, 0.25) is 15.9 Å². The lowest BCUT2D eigenvalue weighted by Gasteiger charge is -2.24. The standard InChI is InChI=1S/C21H30N4O5S/c1-16-21(17(2)30-22-16)31(27,28)25-10-6-9-24(11-12-25)15-20(26)23(3)14-18-7-5-8-19(13-18)29-4/h5,7-8,13H,6,9-12,14-15H2,1-4H3. The van der Waals surface area contributed by atoms with Crippen LogP contribution in [0.5, 0.6) is 5.75 Å². The number of carbonyl (C=O) groups is 1. The summed E-state index contributed by atoms with van der Waals surface area (Å²) in [6.07, 6.45) is 0.648. The number of rotatable bonds is 7. The lowest BCUT2D eigenvalue weighted by Crippen LogP contribution is -2.40. The van der Waals surface area contributed by atoms with Gasteiger partial charge in [-0.2, -0.15) is 4.31 Å². The molecule has 1 aliphatic rings. The van der Waals surface area contributed by atoms with Crippen molar-refractivity contribution in [3.8, 4) is 5.75 Å². The highest BCUT2D eigenvalue weighted by Gasteiger charge is 2.32. The molecule has 3 rings (SSSR count). The van der Waals surface area contributed by atoms with Gasteiger partial charge < -0.3 is 14.2 Å². The van der Waals surface area contributed by atoms with E-state index in [-0.39, 0.29) is 17.3 Å². The lowest BCUT2D eigenvalue weighted by molar-refractivity contribution is -0.131. The molecule has 0 aliphatic carbocycles. The molecule has 1 aliphatic heterocycles. The SMILES string of the molecule is COc1cccc(CN(C)C(=O)CN2CCCN(S(=O)(=O)c3c(C)noc3C)CC2)c1. The fourth-order valence-electron chi connectivity index (χ4n) is 3.76. The predicted molar refractivity (Wildman–Crippen MR) is 115 cm³/mol. The van der Waals surface area contributed by atoms with Crippen LogP contribution >= 0.6 is 0 Å². The molecule has 1 saturated heterocycles. The highest BCUT2D eigenvalue weighted by Crippen LogP contribution is 2.24. The number of likely N-dealkylation sites (N-methyl/N-ethyl adjacent to an activating group) is 1. The third-order valence-electron chi connectivity index (χ3n) is 5.45. The van der Waals surface area contributed by atoms with E-state index in [0.717, 1.165) is 11.3 Å². The zero-order chi connectivity index (χ0) is 22.6. The van der Waals surface area contributed by atoms with Crippen LogP contribution < -0.4 is 4.74 Å². The maximum absolute atomic E-state index is 13.1. The highest BCUT2D eigenvalue weighted by molar-refractivity contribution is 7.89. The van der Waals surface area contributed by atoms with Crippen molar-refractivity contribution in [3.63, 3.8) is 0 Å². The molecule has 9 nitrogen and oxygen atoms in total. The van der Waals surface area contributed by atoms with Crippen molar-refractivity contribution in [2.24, 2.45) is 0 Å². The zero-order valence-electron chi connectivity index (χ0n) is 18.5. The number of hydrogen-bond acceptors (Lipinski definition) is 7. The Hall–Kier alpha value is -2.43. The van der Waals surface area contributed by atoms with E-state index in [1.165, 1.54) is 4.31 Å². The molecule has 0 bridgehead atoms. The van der Waals surface area contributed by atoms with Gasteiger partial charge in [0.05, 0.1) is 13.7 Å². The average molecular weight is 451 g/mol. The second-order valence-corrected chi connectivity index (χ2v) is 9.66. The third-order valence-corrected chi connectivity index (χ3v) is 7.60. The molecule has 0 atom stereocenters. The molecule has 0 saturated carbocycles. The summed E-state index contributed by atoms with van der Waals surface area (Å²) in [5.41, 5.74) is 1.36. The first kappa shape index (κ1) is 23.2. The average Bonchev–Trinajstić information content (AvgIpc) is 2.92. The van der Waals surface area contributed by atoms with E-state index in [1.54, 1.807) is 32.9 Å². The van der Waals surface area contributed by atoms with E-state index in [1.807, 2.05) is 29.2 Å². The minimum Gasteiger partial charge on any atom is -0.497 e. The number of amides is 1. The van der Waals surface area contributed by atoms with Crippen molar-refractivity contribution in [1.29, 1.82) is 0 Å². The zero-order valence-corrected chi connectivity index (χ0v) is 19.3. The largest absolute Gasteiger partial charge is 0.497 e. The maximum Gasteiger partial charge on any atom is 0.248 e. The Morgan fingerprint density at radius 1 is 1.23 bits per heavy atom. The number of aryl methyl sites for hydroxylation is 2. The molecule has 1 aromatic heterocycles. The number of methoxy groups -OCH3 is 1. The van der Waals surface area contributed by atoms with Gasteiger partial charge in [0.25, 0.3) is 0 Å². The number of ether oxygens (including phenoxy) is 1. The summed E-state index contributed by atoms with van der Waals surface area (Å²) in [5.74, 6) is 1.04. The van der Waals surface area contributed by atoms with Crippen LogP contribution in [0.2, 0.25) is 0 Å². The number of aromatic nitrogens is 1. The van der Waals surface area contributed by atoms with Crippen molar-refractivity contribution in [2.45, 2.75) is 31.7 Å². The van der Waals surface area contributed by atoms with Crippen molar-refractivity contribution in [2.75, 3.05) is 46.9 Å². The first-order valence-electron chi connectivity index (χ1n) is 10.2. The fourth-order valence-corrected chi connectivity index (χ4v) is 5.52. The summed E-state index contributed by atoms with van der Waals surface area (Å²) >= 11 is 0. The monoisotopic (exact) mass is 450 g/mol. The minimum absolute atomic E-state index is 0.00940. The summed E-state index contributed by atoms with van der Waals surface area (Å²) in [5, 5.41) is 3.77. The Morgan fingerprint density at radius 3 is 2.68 bits per heavy atom. The molecule has 1 fully saturated rings. The molecule has 2 aromatic rings. The van der Waals surface area contributed by atoms with Crippen molar-refractivity contribution >= 4 is 15.9 Å². The number of carbonyl (C=O) groups excluding carboxylic acids is 1. The van der Waals surface area contributed by atoms with Gasteiger partial charge in [-0.05, 0) is 44.5 Å². The van der Waals surface area contributed by atoms with E-state index < -0.39 is 10.0 Å². The van der Waals surface area contributed by atoms with E-state index in [9.17, 15) is 13.2 Å². The maximum atomic E-state index is 13.1. The van der Waals surface area contributed by atoms with Crippen LogP contribution in [0, 0.1) is 13.8 Å². The van der Waals surface area contributed by atoms with Crippen LogP contribution in [0.4, 0.5) is 0 Å². The van der Waals surface area contributed by atoms with E-state index >= 15 is 0 Å². The number of benzene rings is 1. The Labute approximate surface area is 183 Å². The van der Waals surface area contributed by atoms with Crippen LogP contribution in [0.15, 0.2) is 33.7 Å². The fraction of sp³-hybridized carbons (Fsp3) is 0.524. The van der Waals surface area contributed by atoms with E-state index in [0.29, 0.717) is 50.6 Å². The molecule has 0 radical (unpaired) electrons. The van der Waals surface area contributed by atoms with Gasteiger partial charge in [-0.1, -0.05) is 17.3 Å². The summed E-state index contributed by atoms with van der Waals surface area (Å²) < 4.78 is 37.9. The minimum atomic E-state index is -3.68. The normalized spacial score (nSPS) is 16.1. The smallest absolute Gasteiger partial charge is 0.248 e. The molecule has 1 amide bonds. The quantitative estimate of drug-likeness (QED) is 0.633. The molecule has 170 valence electrons. The van der Waals surface area contributed by atoms with Gasteiger partial charge in [0, 0.05) is 33.2 Å². The van der Waals surface area contributed by atoms with Crippen LogP contribution in [0.3, 0.4) is 0 Å². The molecule has 0 unspecified atom stereocenters. The molecule has 1 aromatic carbocycles. The first-order chi connectivity index (χ1) is 14.7. The third kappa shape index (κ3) is 5.44. The molecule has 0 N–H and O–H groups in total. The van der Waals surface area contributed by atoms with E-state index in [4.69, 9.17) is 9.26 Å². The first-order valence-corrected chi connectivity index (χ1v) is 11.7. The van der Waals surface area contributed by atoms with Gasteiger partial charge in [0.15, 0.2) is 5.76 Å². The van der Waals surface area contributed by atoms with Crippen molar-refractivity contribution in [1.82, 2.24) is 19.3 Å². The molecular weight excluding hydrogens is 420 g/mol. The Balaban J connectivity index is 1.58. The molecule has 31 heavy (non-hydrogen) atoms. The van der Waals surface area contributed by atoms with Crippen molar-refractivity contribution in [3.05, 3.63) is 41.3 Å². The Morgan fingerprint density at radius 2 is 2.00 bits per heavy atom. The van der Waals surface area contributed by atoms with Gasteiger partial charge >= 0.3 is 0 Å². The summed E-state index contributed by atoms with van der Waals surface area (Å²) in [6, 6.07) is 7.63. The predicted octanol–water partition coefficient (Wildman–Crippen LogP) is 1.66.